The standard InChI is InChI=1S/C22H25N7O/c23-15-3-2-10-29(13-15)19-8-9-26-12-14(19)11-20(30)22-16(24)6-7-18(28-22)17-4-1-5-21(25)27-17/h1,4-9,12,15H,2-3,10-11,13,23-24H2,(H2,25,27)/t15-/m0/s1. The number of ketones is 1. The number of Topliss-reactive ketones (excluding diaryl/α,β-unsaturated/α-hetero) is 1. The summed E-state index contributed by atoms with van der Waals surface area (Å²) in [5.41, 5.74) is 21.5. The van der Waals surface area contributed by atoms with Crippen molar-refractivity contribution < 1.29 is 4.79 Å². The molecule has 0 spiro atoms. The van der Waals surface area contributed by atoms with Gasteiger partial charge in [0.1, 0.15) is 11.5 Å². The van der Waals surface area contributed by atoms with Crippen LogP contribution in [0.4, 0.5) is 17.2 Å². The molecule has 1 aliphatic heterocycles. The summed E-state index contributed by atoms with van der Waals surface area (Å²) in [6.45, 7) is 1.68. The molecule has 154 valence electrons. The van der Waals surface area contributed by atoms with Crippen LogP contribution >= 0.6 is 0 Å². The summed E-state index contributed by atoms with van der Waals surface area (Å²) >= 11 is 0. The van der Waals surface area contributed by atoms with Crippen molar-refractivity contribution in [2.75, 3.05) is 29.5 Å². The van der Waals surface area contributed by atoms with Crippen LogP contribution in [0.2, 0.25) is 0 Å². The van der Waals surface area contributed by atoms with Crippen molar-refractivity contribution in [2.24, 2.45) is 5.73 Å². The van der Waals surface area contributed by atoms with E-state index in [0.717, 1.165) is 37.2 Å². The van der Waals surface area contributed by atoms with Crippen molar-refractivity contribution in [1.29, 1.82) is 0 Å². The quantitative estimate of drug-likeness (QED) is 0.551. The number of nitrogens with two attached hydrogens (primary N) is 3. The molecule has 4 heterocycles. The fraction of sp³-hybridized carbons (Fsp3) is 0.273. The number of hydrogen-bond donors (Lipinski definition) is 3. The normalized spacial score (nSPS) is 16.4. The van der Waals surface area contributed by atoms with Gasteiger partial charge in [0.05, 0.1) is 17.1 Å². The Bertz CT molecular complexity index is 1070. The molecule has 0 saturated carbocycles. The highest BCUT2D eigenvalue weighted by atomic mass is 16.1. The van der Waals surface area contributed by atoms with Crippen LogP contribution in [0.25, 0.3) is 11.4 Å². The molecule has 1 atom stereocenters. The average molecular weight is 403 g/mol. The molecule has 0 aliphatic carbocycles. The van der Waals surface area contributed by atoms with Crippen LogP contribution in [0.3, 0.4) is 0 Å². The third kappa shape index (κ3) is 4.23. The minimum atomic E-state index is -0.172. The highest BCUT2D eigenvalue weighted by molar-refractivity contribution is 6.01. The lowest BCUT2D eigenvalue weighted by Crippen LogP contribution is -2.43. The predicted octanol–water partition coefficient (Wildman–Crippen LogP) is 2.06. The number of nitrogen functional groups attached to an aromatic ring is 2. The maximum atomic E-state index is 13.1. The molecule has 3 aromatic heterocycles. The molecular weight excluding hydrogens is 378 g/mol. The van der Waals surface area contributed by atoms with E-state index in [9.17, 15) is 4.79 Å². The van der Waals surface area contributed by atoms with Gasteiger partial charge in [-0.2, -0.15) is 0 Å². The van der Waals surface area contributed by atoms with Gasteiger partial charge in [0, 0.05) is 49.2 Å². The smallest absolute Gasteiger partial charge is 0.187 e. The summed E-state index contributed by atoms with van der Waals surface area (Å²) in [5.74, 6) is 0.215. The second-order valence-corrected chi connectivity index (χ2v) is 7.53. The molecule has 0 unspecified atom stereocenters. The van der Waals surface area contributed by atoms with Crippen LogP contribution in [0, 0.1) is 0 Å². The van der Waals surface area contributed by atoms with Gasteiger partial charge in [-0.3, -0.25) is 9.78 Å². The van der Waals surface area contributed by atoms with Gasteiger partial charge in [-0.1, -0.05) is 6.07 Å². The molecule has 1 saturated heterocycles. The van der Waals surface area contributed by atoms with Crippen LogP contribution in [0.5, 0.6) is 0 Å². The zero-order valence-electron chi connectivity index (χ0n) is 16.7. The fourth-order valence-electron chi connectivity index (χ4n) is 3.78. The van der Waals surface area contributed by atoms with Crippen LogP contribution in [0.1, 0.15) is 28.9 Å². The second-order valence-electron chi connectivity index (χ2n) is 7.53. The van der Waals surface area contributed by atoms with E-state index < -0.39 is 0 Å². The minimum absolute atomic E-state index is 0.135. The van der Waals surface area contributed by atoms with Crippen molar-refractivity contribution in [3.05, 3.63) is 60.0 Å². The lowest BCUT2D eigenvalue weighted by Gasteiger charge is -2.33. The van der Waals surface area contributed by atoms with E-state index in [1.165, 1.54) is 0 Å². The highest BCUT2D eigenvalue weighted by Gasteiger charge is 2.22. The number of carbonyl (C=O) groups excluding carboxylic acids is 1. The van der Waals surface area contributed by atoms with Crippen LogP contribution < -0.4 is 22.1 Å². The number of carbonyl (C=O) groups is 1. The second kappa shape index (κ2) is 8.46. The van der Waals surface area contributed by atoms with Gasteiger partial charge >= 0.3 is 0 Å². The summed E-state index contributed by atoms with van der Waals surface area (Å²) in [6, 6.07) is 10.8. The van der Waals surface area contributed by atoms with Crippen molar-refractivity contribution in [3.63, 3.8) is 0 Å². The monoisotopic (exact) mass is 403 g/mol. The molecule has 0 aromatic carbocycles. The molecule has 3 aromatic rings. The predicted molar refractivity (Wildman–Crippen MR) is 118 cm³/mol. The first-order valence-electron chi connectivity index (χ1n) is 9.97. The number of aromatic nitrogens is 3. The summed E-state index contributed by atoms with van der Waals surface area (Å²) in [7, 11) is 0. The Kier molecular flexibility index (Phi) is 5.58. The van der Waals surface area contributed by atoms with E-state index in [1.54, 1.807) is 42.7 Å². The number of piperidine rings is 1. The third-order valence-corrected chi connectivity index (χ3v) is 5.25. The molecule has 0 amide bonds. The van der Waals surface area contributed by atoms with E-state index >= 15 is 0 Å². The summed E-state index contributed by atoms with van der Waals surface area (Å²) in [6.07, 6.45) is 5.66. The topological polar surface area (TPSA) is 137 Å². The lowest BCUT2D eigenvalue weighted by atomic mass is 10.0. The highest BCUT2D eigenvalue weighted by Crippen LogP contribution is 2.26. The van der Waals surface area contributed by atoms with Gasteiger partial charge in [0.15, 0.2) is 5.78 Å². The lowest BCUT2D eigenvalue weighted by molar-refractivity contribution is 0.0989. The third-order valence-electron chi connectivity index (χ3n) is 5.25. The van der Waals surface area contributed by atoms with E-state index in [-0.39, 0.29) is 23.9 Å². The van der Waals surface area contributed by atoms with E-state index in [0.29, 0.717) is 22.9 Å². The molecule has 1 aliphatic rings. The fourth-order valence-corrected chi connectivity index (χ4v) is 3.78. The van der Waals surface area contributed by atoms with Crippen LogP contribution in [-0.2, 0) is 6.42 Å². The van der Waals surface area contributed by atoms with Crippen molar-refractivity contribution in [3.8, 4) is 11.4 Å². The number of anilines is 3. The maximum Gasteiger partial charge on any atom is 0.187 e. The Hall–Kier alpha value is -3.52. The molecular formula is C22H25N7O. The SMILES string of the molecule is Nc1cccc(-c2ccc(N)c(C(=O)Cc3cnccc3N3CCC[C@H](N)C3)n2)n1. The molecule has 8 heteroatoms. The zero-order chi connectivity index (χ0) is 21.1. The summed E-state index contributed by atoms with van der Waals surface area (Å²) in [5, 5.41) is 0. The summed E-state index contributed by atoms with van der Waals surface area (Å²) < 4.78 is 0. The Labute approximate surface area is 175 Å². The minimum Gasteiger partial charge on any atom is -0.397 e. The maximum absolute atomic E-state index is 13.1. The van der Waals surface area contributed by atoms with Crippen molar-refractivity contribution in [1.82, 2.24) is 15.0 Å². The molecule has 8 nitrogen and oxygen atoms in total. The zero-order valence-corrected chi connectivity index (χ0v) is 16.7. The summed E-state index contributed by atoms with van der Waals surface area (Å²) in [4.78, 5) is 28.3. The van der Waals surface area contributed by atoms with Crippen molar-refractivity contribution >= 4 is 23.0 Å². The molecule has 0 radical (unpaired) electrons. The van der Waals surface area contributed by atoms with Gasteiger partial charge in [-0.15, -0.1) is 0 Å². The van der Waals surface area contributed by atoms with Crippen molar-refractivity contribution in [2.45, 2.75) is 25.3 Å². The first kappa shape index (κ1) is 19.8. The Balaban J connectivity index is 1.61. The average Bonchev–Trinajstić information content (AvgIpc) is 2.74. The van der Waals surface area contributed by atoms with Gasteiger partial charge in [-0.25, -0.2) is 9.97 Å². The van der Waals surface area contributed by atoms with Gasteiger partial charge < -0.3 is 22.1 Å². The largest absolute Gasteiger partial charge is 0.397 e. The van der Waals surface area contributed by atoms with Gasteiger partial charge in [0.2, 0.25) is 0 Å². The number of rotatable bonds is 5. The Morgan fingerprint density at radius 3 is 2.73 bits per heavy atom. The molecule has 30 heavy (non-hydrogen) atoms. The number of hydrogen-bond acceptors (Lipinski definition) is 8. The Morgan fingerprint density at radius 1 is 1.10 bits per heavy atom. The molecule has 4 rings (SSSR count). The van der Waals surface area contributed by atoms with E-state index in [4.69, 9.17) is 17.2 Å². The van der Waals surface area contributed by atoms with Crippen LogP contribution in [0.15, 0.2) is 48.8 Å². The van der Waals surface area contributed by atoms with Gasteiger partial charge in [-0.05, 0) is 43.2 Å². The number of nitrogens with zero attached hydrogens (tertiary/aromatic N) is 4. The molecule has 6 N–H and O–H groups in total. The first-order valence-corrected chi connectivity index (χ1v) is 9.97. The Morgan fingerprint density at radius 2 is 1.93 bits per heavy atom. The van der Waals surface area contributed by atoms with Crippen LogP contribution in [-0.4, -0.2) is 39.9 Å². The van der Waals surface area contributed by atoms with E-state index in [2.05, 4.69) is 19.9 Å². The first-order chi connectivity index (χ1) is 14.5. The number of pyridine rings is 3. The van der Waals surface area contributed by atoms with Gasteiger partial charge in [0.25, 0.3) is 0 Å². The molecule has 1 fully saturated rings. The molecule has 0 bridgehead atoms. The van der Waals surface area contributed by atoms with E-state index in [1.807, 2.05) is 6.07 Å².